The summed E-state index contributed by atoms with van der Waals surface area (Å²) in [5.41, 5.74) is 7.04. The fourth-order valence-corrected chi connectivity index (χ4v) is 2.25. The fraction of sp³-hybridized carbons (Fsp3) is 0.625. The molecule has 1 aromatic rings. The number of nitrogens with two attached hydrogens (primary N) is 1. The predicted molar refractivity (Wildman–Crippen MR) is 78.2 cm³/mol. The fourth-order valence-electron chi connectivity index (χ4n) is 2.25. The van der Waals surface area contributed by atoms with Crippen LogP contribution < -0.4 is 10.5 Å². The van der Waals surface area contributed by atoms with E-state index in [1.807, 2.05) is 0 Å². The SMILES string of the molecule is CCCOc1ccc(C(CCC)CCCN)cc1. The van der Waals surface area contributed by atoms with Gasteiger partial charge >= 0.3 is 0 Å². The van der Waals surface area contributed by atoms with E-state index in [1.54, 1.807) is 0 Å². The number of hydrogen-bond acceptors (Lipinski definition) is 2. The van der Waals surface area contributed by atoms with Crippen LogP contribution in [0.5, 0.6) is 5.75 Å². The van der Waals surface area contributed by atoms with Crippen LogP contribution in [-0.2, 0) is 0 Å². The third kappa shape index (κ3) is 5.09. The summed E-state index contributed by atoms with van der Waals surface area (Å²) in [7, 11) is 0. The van der Waals surface area contributed by atoms with Crippen molar-refractivity contribution in [1.82, 2.24) is 0 Å². The number of rotatable bonds is 9. The third-order valence-electron chi connectivity index (χ3n) is 3.22. The standard InChI is InChI=1S/C16H27NO/c1-3-6-14(7-5-12-17)15-8-10-16(11-9-15)18-13-4-2/h8-11,14H,3-7,12-13,17H2,1-2H3. The molecule has 1 unspecified atom stereocenters. The zero-order chi connectivity index (χ0) is 13.2. The van der Waals surface area contributed by atoms with E-state index in [9.17, 15) is 0 Å². The molecule has 2 N–H and O–H groups in total. The summed E-state index contributed by atoms with van der Waals surface area (Å²) in [5, 5.41) is 0. The minimum Gasteiger partial charge on any atom is -0.494 e. The molecule has 0 spiro atoms. The molecule has 0 aliphatic heterocycles. The van der Waals surface area contributed by atoms with E-state index in [-0.39, 0.29) is 0 Å². The molecule has 0 radical (unpaired) electrons. The molecule has 0 saturated heterocycles. The van der Waals surface area contributed by atoms with Gasteiger partial charge in [-0.1, -0.05) is 32.4 Å². The number of ether oxygens (including phenoxy) is 1. The lowest BCUT2D eigenvalue weighted by Gasteiger charge is -2.16. The first-order valence-corrected chi connectivity index (χ1v) is 7.24. The van der Waals surface area contributed by atoms with Gasteiger partial charge in [0.1, 0.15) is 5.75 Å². The second-order valence-electron chi connectivity index (χ2n) is 4.83. The summed E-state index contributed by atoms with van der Waals surface area (Å²) in [6, 6.07) is 8.61. The molecule has 102 valence electrons. The van der Waals surface area contributed by atoms with E-state index in [1.165, 1.54) is 24.8 Å². The Morgan fingerprint density at radius 1 is 1.06 bits per heavy atom. The summed E-state index contributed by atoms with van der Waals surface area (Å²) in [4.78, 5) is 0. The molecule has 1 atom stereocenters. The highest BCUT2D eigenvalue weighted by Crippen LogP contribution is 2.27. The van der Waals surface area contributed by atoms with Gasteiger partial charge in [0, 0.05) is 0 Å². The molecular formula is C16H27NO. The second kappa shape index (κ2) is 8.98. The Balaban J connectivity index is 2.61. The molecule has 0 amide bonds. The van der Waals surface area contributed by atoms with Crippen LogP contribution in [-0.4, -0.2) is 13.2 Å². The average molecular weight is 249 g/mol. The Kier molecular flexibility index (Phi) is 7.51. The van der Waals surface area contributed by atoms with Crippen molar-refractivity contribution in [2.24, 2.45) is 5.73 Å². The van der Waals surface area contributed by atoms with Crippen LogP contribution in [0.2, 0.25) is 0 Å². The summed E-state index contributed by atoms with van der Waals surface area (Å²) in [6.07, 6.45) is 5.83. The highest BCUT2D eigenvalue weighted by molar-refractivity contribution is 5.29. The van der Waals surface area contributed by atoms with Crippen LogP contribution in [0, 0.1) is 0 Å². The summed E-state index contributed by atoms with van der Waals surface area (Å²) < 4.78 is 5.61. The zero-order valence-corrected chi connectivity index (χ0v) is 11.8. The van der Waals surface area contributed by atoms with E-state index >= 15 is 0 Å². The molecule has 0 aliphatic carbocycles. The van der Waals surface area contributed by atoms with Crippen molar-refractivity contribution in [3.05, 3.63) is 29.8 Å². The Bertz CT molecular complexity index is 307. The van der Waals surface area contributed by atoms with Crippen molar-refractivity contribution in [3.63, 3.8) is 0 Å². The van der Waals surface area contributed by atoms with Crippen molar-refractivity contribution in [1.29, 1.82) is 0 Å². The Labute approximate surface area is 112 Å². The van der Waals surface area contributed by atoms with Gasteiger partial charge in [0.2, 0.25) is 0 Å². The van der Waals surface area contributed by atoms with Crippen molar-refractivity contribution < 1.29 is 4.74 Å². The maximum absolute atomic E-state index is 5.61. The van der Waals surface area contributed by atoms with E-state index in [0.717, 1.165) is 31.7 Å². The molecule has 0 saturated carbocycles. The third-order valence-corrected chi connectivity index (χ3v) is 3.22. The van der Waals surface area contributed by atoms with Gasteiger partial charge in [0.25, 0.3) is 0 Å². The quantitative estimate of drug-likeness (QED) is 0.715. The van der Waals surface area contributed by atoms with Gasteiger partial charge in [0.15, 0.2) is 0 Å². The van der Waals surface area contributed by atoms with Gasteiger partial charge in [0.05, 0.1) is 6.61 Å². The molecular weight excluding hydrogens is 222 g/mol. The van der Waals surface area contributed by atoms with E-state index < -0.39 is 0 Å². The van der Waals surface area contributed by atoms with Crippen LogP contribution >= 0.6 is 0 Å². The minimum atomic E-state index is 0.652. The summed E-state index contributed by atoms with van der Waals surface area (Å²) >= 11 is 0. The molecule has 18 heavy (non-hydrogen) atoms. The first-order valence-electron chi connectivity index (χ1n) is 7.24. The van der Waals surface area contributed by atoms with Crippen molar-refractivity contribution >= 4 is 0 Å². The molecule has 0 aliphatic rings. The first kappa shape index (κ1) is 15.0. The molecule has 2 heteroatoms. The van der Waals surface area contributed by atoms with Gasteiger partial charge in [-0.3, -0.25) is 0 Å². The monoisotopic (exact) mass is 249 g/mol. The summed E-state index contributed by atoms with van der Waals surface area (Å²) in [6.45, 7) is 5.95. The molecule has 1 aromatic carbocycles. The normalized spacial score (nSPS) is 12.4. The van der Waals surface area contributed by atoms with Crippen LogP contribution in [0.1, 0.15) is 57.4 Å². The van der Waals surface area contributed by atoms with Crippen molar-refractivity contribution in [2.75, 3.05) is 13.2 Å². The molecule has 0 fully saturated rings. The van der Waals surface area contributed by atoms with Crippen LogP contribution in [0.3, 0.4) is 0 Å². The lowest BCUT2D eigenvalue weighted by molar-refractivity contribution is 0.317. The number of benzene rings is 1. The summed E-state index contributed by atoms with van der Waals surface area (Å²) in [5.74, 6) is 1.63. The molecule has 0 heterocycles. The Morgan fingerprint density at radius 2 is 1.78 bits per heavy atom. The van der Waals surface area contributed by atoms with Gasteiger partial charge < -0.3 is 10.5 Å². The van der Waals surface area contributed by atoms with Gasteiger partial charge in [-0.15, -0.1) is 0 Å². The number of hydrogen-bond donors (Lipinski definition) is 1. The Hall–Kier alpha value is -1.02. The van der Waals surface area contributed by atoms with E-state index in [2.05, 4.69) is 38.1 Å². The lowest BCUT2D eigenvalue weighted by Crippen LogP contribution is -2.04. The van der Waals surface area contributed by atoms with Gasteiger partial charge in [-0.05, 0) is 55.8 Å². The maximum Gasteiger partial charge on any atom is 0.119 e. The second-order valence-corrected chi connectivity index (χ2v) is 4.83. The molecule has 2 nitrogen and oxygen atoms in total. The zero-order valence-electron chi connectivity index (χ0n) is 11.8. The van der Waals surface area contributed by atoms with Crippen LogP contribution in [0.25, 0.3) is 0 Å². The van der Waals surface area contributed by atoms with E-state index in [4.69, 9.17) is 10.5 Å². The maximum atomic E-state index is 5.61. The Morgan fingerprint density at radius 3 is 2.33 bits per heavy atom. The molecule has 1 rings (SSSR count). The van der Waals surface area contributed by atoms with Crippen molar-refractivity contribution in [2.45, 2.75) is 51.9 Å². The van der Waals surface area contributed by atoms with Crippen LogP contribution in [0.4, 0.5) is 0 Å². The van der Waals surface area contributed by atoms with Crippen molar-refractivity contribution in [3.8, 4) is 5.75 Å². The highest BCUT2D eigenvalue weighted by atomic mass is 16.5. The smallest absolute Gasteiger partial charge is 0.119 e. The predicted octanol–water partition coefficient (Wildman–Crippen LogP) is 4.10. The minimum absolute atomic E-state index is 0.652. The topological polar surface area (TPSA) is 35.2 Å². The van der Waals surface area contributed by atoms with Gasteiger partial charge in [-0.25, -0.2) is 0 Å². The molecule has 0 aromatic heterocycles. The average Bonchev–Trinajstić information content (AvgIpc) is 2.42. The lowest BCUT2D eigenvalue weighted by atomic mass is 9.90. The van der Waals surface area contributed by atoms with E-state index in [0.29, 0.717) is 5.92 Å². The molecule has 0 bridgehead atoms. The largest absolute Gasteiger partial charge is 0.494 e. The van der Waals surface area contributed by atoms with Crippen LogP contribution in [0.15, 0.2) is 24.3 Å². The highest BCUT2D eigenvalue weighted by Gasteiger charge is 2.10. The van der Waals surface area contributed by atoms with Gasteiger partial charge in [-0.2, -0.15) is 0 Å². The first-order chi connectivity index (χ1) is 8.81.